The number of hydrogen-bond acceptors (Lipinski definition) is 4. The summed E-state index contributed by atoms with van der Waals surface area (Å²) in [5.74, 6) is 0.494. The van der Waals surface area contributed by atoms with Crippen molar-refractivity contribution >= 4 is 39.9 Å². The van der Waals surface area contributed by atoms with E-state index in [0.29, 0.717) is 18.5 Å². The zero-order valence-electron chi connectivity index (χ0n) is 18.4. The van der Waals surface area contributed by atoms with E-state index >= 15 is 0 Å². The number of benzene rings is 2. The van der Waals surface area contributed by atoms with Crippen LogP contribution >= 0.6 is 11.6 Å². The van der Waals surface area contributed by atoms with E-state index in [1.54, 1.807) is 0 Å². The molecule has 1 amide bonds. The van der Waals surface area contributed by atoms with Gasteiger partial charge in [-0.25, -0.2) is 9.37 Å². The lowest BCUT2D eigenvalue weighted by Gasteiger charge is -2.30. The van der Waals surface area contributed by atoms with Crippen molar-refractivity contribution in [1.82, 2.24) is 10.3 Å². The van der Waals surface area contributed by atoms with E-state index in [0.717, 1.165) is 48.1 Å². The van der Waals surface area contributed by atoms with Crippen LogP contribution in [-0.4, -0.2) is 37.6 Å². The minimum atomic E-state index is -0.467. The zero-order valence-corrected chi connectivity index (χ0v) is 19.1. The van der Waals surface area contributed by atoms with Crippen molar-refractivity contribution in [2.24, 2.45) is 5.92 Å². The molecule has 2 N–H and O–H groups in total. The van der Waals surface area contributed by atoms with Gasteiger partial charge in [-0.2, -0.15) is 0 Å². The third kappa shape index (κ3) is 5.13. The quantitative estimate of drug-likeness (QED) is 0.516. The maximum absolute atomic E-state index is 13.4. The molecule has 1 fully saturated rings. The zero-order chi connectivity index (χ0) is 22.7. The Morgan fingerprint density at radius 1 is 1.12 bits per heavy atom. The summed E-state index contributed by atoms with van der Waals surface area (Å²) in [6.45, 7) is 0.567. The summed E-state index contributed by atoms with van der Waals surface area (Å²) in [4.78, 5) is 19.3. The Kier molecular flexibility index (Phi) is 6.80. The van der Waals surface area contributed by atoms with Gasteiger partial charge in [0.25, 0.3) is 5.91 Å². The molecule has 2 aromatic carbocycles. The number of nitrogens with one attached hydrogen (secondary N) is 2. The molecular weight excluding hydrogens is 427 g/mol. The van der Waals surface area contributed by atoms with E-state index in [-0.39, 0.29) is 16.5 Å². The number of para-hydroxylation sites is 1. The second-order valence-corrected chi connectivity index (χ2v) is 9.04. The number of fused-ring (bicyclic) bond motifs is 1. The molecule has 168 valence electrons. The van der Waals surface area contributed by atoms with E-state index in [1.165, 1.54) is 18.2 Å². The Labute approximate surface area is 193 Å². The summed E-state index contributed by atoms with van der Waals surface area (Å²) in [6, 6.07) is 14.5. The number of nitrogens with zero attached hydrogens (tertiary/aromatic N) is 2. The Morgan fingerprint density at radius 3 is 2.62 bits per heavy atom. The highest BCUT2D eigenvalue weighted by Gasteiger charge is 2.23. The minimum absolute atomic E-state index is 0.182. The predicted octanol–water partition coefficient (Wildman–Crippen LogP) is 5.49. The van der Waals surface area contributed by atoms with E-state index in [1.807, 2.05) is 32.3 Å². The van der Waals surface area contributed by atoms with Crippen LogP contribution in [0.2, 0.25) is 5.02 Å². The normalized spacial score (nSPS) is 18.4. The van der Waals surface area contributed by atoms with Crippen LogP contribution in [0.4, 0.5) is 15.9 Å². The van der Waals surface area contributed by atoms with Gasteiger partial charge >= 0.3 is 0 Å². The summed E-state index contributed by atoms with van der Waals surface area (Å²) < 4.78 is 13.4. The largest absolute Gasteiger partial charge is 0.377 e. The number of pyridine rings is 1. The fourth-order valence-electron chi connectivity index (χ4n) is 4.32. The van der Waals surface area contributed by atoms with Gasteiger partial charge in [-0.05, 0) is 55.9 Å². The van der Waals surface area contributed by atoms with Crippen molar-refractivity contribution in [1.29, 1.82) is 0 Å². The molecule has 1 aromatic heterocycles. The molecule has 7 heteroatoms. The van der Waals surface area contributed by atoms with Crippen LogP contribution in [0, 0.1) is 11.7 Å². The lowest BCUT2D eigenvalue weighted by molar-refractivity contribution is 0.0943. The summed E-state index contributed by atoms with van der Waals surface area (Å²) in [5, 5.41) is 7.92. The van der Waals surface area contributed by atoms with Crippen LogP contribution in [0.15, 0.2) is 48.5 Å². The number of aromatic nitrogens is 1. The van der Waals surface area contributed by atoms with Gasteiger partial charge in [-0.1, -0.05) is 29.8 Å². The van der Waals surface area contributed by atoms with Gasteiger partial charge in [-0.3, -0.25) is 4.79 Å². The molecule has 0 unspecified atom stereocenters. The summed E-state index contributed by atoms with van der Waals surface area (Å²) >= 11 is 6.03. The first-order valence-corrected chi connectivity index (χ1v) is 11.4. The Hall–Kier alpha value is -2.86. The molecule has 1 heterocycles. The average molecular weight is 455 g/mol. The van der Waals surface area contributed by atoms with Crippen LogP contribution in [0.25, 0.3) is 10.9 Å². The SMILES string of the molecule is CN(C)c1cc(NC2CCC(CNC(=O)c3cc(F)ccc3Cl)CC2)nc2ccccc12. The number of amides is 1. The van der Waals surface area contributed by atoms with Crippen molar-refractivity contribution in [3.05, 3.63) is 64.9 Å². The first kappa shape index (κ1) is 22.3. The molecule has 1 aliphatic carbocycles. The van der Waals surface area contributed by atoms with Crippen LogP contribution in [-0.2, 0) is 0 Å². The van der Waals surface area contributed by atoms with Crippen molar-refractivity contribution in [3.8, 4) is 0 Å². The van der Waals surface area contributed by atoms with Crippen molar-refractivity contribution in [3.63, 3.8) is 0 Å². The second-order valence-electron chi connectivity index (χ2n) is 8.63. The van der Waals surface area contributed by atoms with Gasteiger partial charge in [-0.15, -0.1) is 0 Å². The molecule has 0 saturated heterocycles. The molecule has 0 bridgehead atoms. The maximum Gasteiger partial charge on any atom is 0.252 e. The molecule has 0 aliphatic heterocycles. The summed E-state index contributed by atoms with van der Waals surface area (Å²) in [5.41, 5.74) is 2.31. The highest BCUT2D eigenvalue weighted by atomic mass is 35.5. The molecule has 1 aliphatic rings. The molecule has 0 spiro atoms. The fourth-order valence-corrected chi connectivity index (χ4v) is 4.53. The third-order valence-electron chi connectivity index (χ3n) is 6.10. The van der Waals surface area contributed by atoms with E-state index in [4.69, 9.17) is 16.6 Å². The maximum atomic E-state index is 13.4. The monoisotopic (exact) mass is 454 g/mol. The third-order valence-corrected chi connectivity index (χ3v) is 6.43. The highest BCUT2D eigenvalue weighted by molar-refractivity contribution is 6.33. The lowest BCUT2D eigenvalue weighted by Crippen LogP contribution is -2.34. The van der Waals surface area contributed by atoms with Gasteiger partial charge in [0, 0.05) is 43.8 Å². The van der Waals surface area contributed by atoms with Crippen LogP contribution in [0.1, 0.15) is 36.0 Å². The van der Waals surface area contributed by atoms with Crippen molar-refractivity contribution < 1.29 is 9.18 Å². The number of halogens is 2. The second kappa shape index (κ2) is 9.74. The molecule has 5 nitrogen and oxygen atoms in total. The molecule has 0 atom stereocenters. The number of rotatable bonds is 6. The summed E-state index contributed by atoms with van der Waals surface area (Å²) in [7, 11) is 4.09. The van der Waals surface area contributed by atoms with Crippen LogP contribution < -0.4 is 15.5 Å². The molecule has 32 heavy (non-hydrogen) atoms. The standard InChI is InChI=1S/C25H28ClFN4O/c1-31(2)23-14-24(30-22-6-4-3-5-19(22)23)29-18-10-7-16(8-11-18)15-28-25(32)20-13-17(27)9-12-21(20)26/h3-6,9,12-14,16,18H,7-8,10-11,15H2,1-2H3,(H,28,32)(H,29,30). The number of hydrogen-bond donors (Lipinski definition) is 2. The van der Waals surface area contributed by atoms with Crippen molar-refractivity contribution in [2.75, 3.05) is 30.9 Å². The average Bonchev–Trinajstić information content (AvgIpc) is 2.79. The van der Waals surface area contributed by atoms with E-state index < -0.39 is 5.82 Å². The number of carbonyl (C=O) groups is 1. The highest BCUT2D eigenvalue weighted by Crippen LogP contribution is 2.30. The van der Waals surface area contributed by atoms with Gasteiger partial charge in [0.15, 0.2) is 0 Å². The fraction of sp³-hybridized carbons (Fsp3) is 0.360. The number of carbonyl (C=O) groups excluding carboxylic acids is 1. The smallest absolute Gasteiger partial charge is 0.252 e. The molecule has 1 saturated carbocycles. The first-order chi connectivity index (χ1) is 15.4. The van der Waals surface area contributed by atoms with Gasteiger partial charge < -0.3 is 15.5 Å². The molecule has 4 rings (SSSR count). The van der Waals surface area contributed by atoms with E-state index in [2.05, 4.69) is 27.7 Å². The molecule has 0 radical (unpaired) electrons. The van der Waals surface area contributed by atoms with Crippen LogP contribution in [0.3, 0.4) is 0 Å². The summed E-state index contributed by atoms with van der Waals surface area (Å²) in [6.07, 6.45) is 4.02. The van der Waals surface area contributed by atoms with Crippen molar-refractivity contribution in [2.45, 2.75) is 31.7 Å². The Balaban J connectivity index is 1.32. The first-order valence-electron chi connectivity index (χ1n) is 11.0. The molecule has 3 aromatic rings. The van der Waals surface area contributed by atoms with Crippen LogP contribution in [0.5, 0.6) is 0 Å². The minimum Gasteiger partial charge on any atom is -0.377 e. The van der Waals surface area contributed by atoms with E-state index in [9.17, 15) is 9.18 Å². The predicted molar refractivity (Wildman–Crippen MR) is 129 cm³/mol. The topological polar surface area (TPSA) is 57.3 Å². The van der Waals surface area contributed by atoms with Gasteiger partial charge in [0.2, 0.25) is 0 Å². The van der Waals surface area contributed by atoms with Gasteiger partial charge in [0.1, 0.15) is 11.6 Å². The Morgan fingerprint density at radius 2 is 1.88 bits per heavy atom. The Bertz CT molecular complexity index is 1110. The lowest BCUT2D eigenvalue weighted by atomic mass is 9.86. The number of anilines is 2. The molecular formula is C25H28ClFN4O. The van der Waals surface area contributed by atoms with Gasteiger partial charge in [0.05, 0.1) is 16.1 Å².